The lowest BCUT2D eigenvalue weighted by atomic mass is 9.97. The lowest BCUT2D eigenvalue weighted by Gasteiger charge is -2.18. The summed E-state index contributed by atoms with van der Waals surface area (Å²) in [5, 5.41) is 5.65. The molecule has 6 nitrogen and oxygen atoms in total. The standard InChI is InChI=1S/C25H26N2O4/c1-3-30-21-14-10-19(11-15-21)26-24(28)23(18-8-6-5-7-9-18)25(29)27-20-12-16-22(17-13-20)31-4-2/h5-17,23H,3-4H2,1-2H3,(H,26,28)(H,27,29). The van der Waals surface area contributed by atoms with Crippen LogP contribution in [0.4, 0.5) is 11.4 Å². The van der Waals surface area contributed by atoms with Crippen molar-refractivity contribution < 1.29 is 19.1 Å². The van der Waals surface area contributed by atoms with E-state index < -0.39 is 17.7 Å². The summed E-state index contributed by atoms with van der Waals surface area (Å²) in [7, 11) is 0. The minimum absolute atomic E-state index is 0.418. The Morgan fingerprint density at radius 2 is 1.10 bits per heavy atom. The number of carbonyl (C=O) groups excluding carboxylic acids is 2. The molecule has 0 saturated carbocycles. The van der Waals surface area contributed by atoms with Crippen molar-refractivity contribution in [3.63, 3.8) is 0 Å². The van der Waals surface area contributed by atoms with Gasteiger partial charge in [-0.3, -0.25) is 9.59 Å². The van der Waals surface area contributed by atoms with Crippen LogP contribution in [-0.4, -0.2) is 25.0 Å². The number of nitrogens with one attached hydrogen (secondary N) is 2. The van der Waals surface area contributed by atoms with Crippen molar-refractivity contribution in [2.45, 2.75) is 19.8 Å². The molecule has 0 aromatic heterocycles. The van der Waals surface area contributed by atoms with E-state index in [4.69, 9.17) is 9.47 Å². The normalized spacial score (nSPS) is 10.4. The molecule has 2 N–H and O–H groups in total. The van der Waals surface area contributed by atoms with Crippen LogP contribution < -0.4 is 20.1 Å². The van der Waals surface area contributed by atoms with Gasteiger partial charge in [-0.1, -0.05) is 30.3 Å². The van der Waals surface area contributed by atoms with Crippen LogP contribution in [0.25, 0.3) is 0 Å². The Kier molecular flexibility index (Phi) is 7.65. The van der Waals surface area contributed by atoms with E-state index in [1.54, 1.807) is 72.8 Å². The number of carbonyl (C=O) groups is 2. The van der Waals surface area contributed by atoms with Gasteiger partial charge in [0.15, 0.2) is 0 Å². The van der Waals surface area contributed by atoms with Gasteiger partial charge in [-0.25, -0.2) is 0 Å². The zero-order valence-electron chi connectivity index (χ0n) is 17.6. The summed E-state index contributed by atoms with van der Waals surface area (Å²) < 4.78 is 10.9. The molecule has 0 aliphatic carbocycles. The molecule has 0 heterocycles. The molecule has 0 unspecified atom stereocenters. The van der Waals surface area contributed by atoms with Crippen molar-refractivity contribution in [1.82, 2.24) is 0 Å². The van der Waals surface area contributed by atoms with Crippen molar-refractivity contribution in [3.05, 3.63) is 84.4 Å². The number of amides is 2. The van der Waals surface area contributed by atoms with Gasteiger partial charge in [0.05, 0.1) is 13.2 Å². The first-order valence-corrected chi connectivity index (χ1v) is 10.2. The number of hydrogen-bond donors (Lipinski definition) is 2. The first-order chi connectivity index (χ1) is 15.1. The Morgan fingerprint density at radius 1 is 0.677 bits per heavy atom. The van der Waals surface area contributed by atoms with Gasteiger partial charge in [-0.2, -0.15) is 0 Å². The van der Waals surface area contributed by atoms with Crippen LogP contribution in [0.3, 0.4) is 0 Å². The molecular formula is C25H26N2O4. The number of rotatable bonds is 9. The van der Waals surface area contributed by atoms with E-state index in [2.05, 4.69) is 10.6 Å². The summed E-state index contributed by atoms with van der Waals surface area (Å²) in [6, 6.07) is 23.1. The van der Waals surface area contributed by atoms with E-state index in [0.717, 1.165) is 0 Å². The van der Waals surface area contributed by atoms with Gasteiger partial charge in [0.2, 0.25) is 11.8 Å². The van der Waals surface area contributed by atoms with Crippen LogP contribution in [0.5, 0.6) is 11.5 Å². The Balaban J connectivity index is 1.77. The van der Waals surface area contributed by atoms with Crippen molar-refractivity contribution >= 4 is 23.2 Å². The average molecular weight is 418 g/mol. The third kappa shape index (κ3) is 6.09. The van der Waals surface area contributed by atoms with Gasteiger partial charge in [-0.05, 0) is 67.9 Å². The molecule has 160 valence electrons. The maximum atomic E-state index is 13.1. The highest BCUT2D eigenvalue weighted by molar-refractivity contribution is 6.15. The molecular weight excluding hydrogens is 392 g/mol. The molecule has 0 radical (unpaired) electrons. The number of anilines is 2. The van der Waals surface area contributed by atoms with Crippen molar-refractivity contribution in [2.24, 2.45) is 0 Å². The third-order valence-corrected chi connectivity index (χ3v) is 4.52. The molecule has 0 fully saturated rings. The molecule has 3 aromatic carbocycles. The second kappa shape index (κ2) is 10.8. The van der Waals surface area contributed by atoms with Crippen molar-refractivity contribution in [2.75, 3.05) is 23.8 Å². The maximum absolute atomic E-state index is 13.1. The molecule has 0 spiro atoms. The zero-order chi connectivity index (χ0) is 22.1. The largest absolute Gasteiger partial charge is 0.494 e. The summed E-state index contributed by atoms with van der Waals surface area (Å²) in [6.45, 7) is 4.94. The summed E-state index contributed by atoms with van der Waals surface area (Å²) in [4.78, 5) is 26.1. The summed E-state index contributed by atoms with van der Waals surface area (Å²) in [5.41, 5.74) is 1.78. The van der Waals surface area contributed by atoms with E-state index in [0.29, 0.717) is 41.7 Å². The number of benzene rings is 3. The van der Waals surface area contributed by atoms with Crippen LogP contribution in [0.1, 0.15) is 25.3 Å². The van der Waals surface area contributed by atoms with Crippen LogP contribution in [0.15, 0.2) is 78.9 Å². The van der Waals surface area contributed by atoms with Gasteiger partial charge in [-0.15, -0.1) is 0 Å². The van der Waals surface area contributed by atoms with Crippen molar-refractivity contribution in [3.8, 4) is 11.5 Å². The highest BCUT2D eigenvalue weighted by atomic mass is 16.5. The fourth-order valence-corrected chi connectivity index (χ4v) is 3.10. The fraction of sp³-hybridized carbons (Fsp3) is 0.200. The Morgan fingerprint density at radius 3 is 1.48 bits per heavy atom. The van der Waals surface area contributed by atoms with E-state index in [-0.39, 0.29) is 0 Å². The van der Waals surface area contributed by atoms with Gasteiger partial charge in [0.1, 0.15) is 17.4 Å². The van der Waals surface area contributed by atoms with Crippen molar-refractivity contribution in [1.29, 1.82) is 0 Å². The lowest BCUT2D eigenvalue weighted by molar-refractivity contribution is -0.125. The average Bonchev–Trinajstić information content (AvgIpc) is 2.78. The third-order valence-electron chi connectivity index (χ3n) is 4.52. The fourth-order valence-electron chi connectivity index (χ4n) is 3.10. The first-order valence-electron chi connectivity index (χ1n) is 10.2. The lowest BCUT2D eigenvalue weighted by Crippen LogP contribution is -2.32. The summed E-state index contributed by atoms with van der Waals surface area (Å²) >= 11 is 0. The quantitative estimate of drug-likeness (QED) is 0.487. The maximum Gasteiger partial charge on any atom is 0.241 e. The molecule has 0 atom stereocenters. The number of ether oxygens (including phenoxy) is 2. The SMILES string of the molecule is CCOc1ccc(NC(=O)C(C(=O)Nc2ccc(OCC)cc2)c2ccccc2)cc1. The smallest absolute Gasteiger partial charge is 0.241 e. The van der Waals surface area contributed by atoms with E-state index >= 15 is 0 Å². The van der Waals surface area contributed by atoms with Crippen LogP contribution >= 0.6 is 0 Å². The zero-order valence-corrected chi connectivity index (χ0v) is 17.6. The highest BCUT2D eigenvalue weighted by Crippen LogP contribution is 2.23. The minimum atomic E-state index is -1.01. The Hall–Kier alpha value is -3.80. The summed E-state index contributed by atoms with van der Waals surface area (Å²) in [6.07, 6.45) is 0. The number of hydrogen-bond acceptors (Lipinski definition) is 4. The monoisotopic (exact) mass is 418 g/mol. The molecule has 0 aliphatic heterocycles. The van der Waals surface area contributed by atoms with E-state index in [1.165, 1.54) is 0 Å². The highest BCUT2D eigenvalue weighted by Gasteiger charge is 2.28. The van der Waals surface area contributed by atoms with E-state index in [9.17, 15) is 9.59 Å². The Labute approximate surface area is 182 Å². The molecule has 0 aliphatic rings. The second-order valence-corrected chi connectivity index (χ2v) is 6.74. The van der Waals surface area contributed by atoms with E-state index in [1.807, 2.05) is 19.9 Å². The molecule has 0 bridgehead atoms. The molecule has 31 heavy (non-hydrogen) atoms. The molecule has 3 aromatic rings. The van der Waals surface area contributed by atoms with Gasteiger partial charge in [0.25, 0.3) is 0 Å². The summed E-state index contributed by atoms with van der Waals surface area (Å²) in [5.74, 6) is -0.418. The predicted molar refractivity (Wildman–Crippen MR) is 122 cm³/mol. The molecule has 2 amide bonds. The van der Waals surface area contributed by atoms with Gasteiger partial charge < -0.3 is 20.1 Å². The second-order valence-electron chi connectivity index (χ2n) is 6.74. The Bertz CT molecular complexity index is 923. The molecule has 0 saturated heterocycles. The topological polar surface area (TPSA) is 76.7 Å². The van der Waals surface area contributed by atoms with Crippen LogP contribution in [-0.2, 0) is 9.59 Å². The molecule has 3 rings (SSSR count). The van der Waals surface area contributed by atoms with Crippen LogP contribution in [0, 0.1) is 0 Å². The predicted octanol–water partition coefficient (Wildman–Crippen LogP) is 4.85. The van der Waals surface area contributed by atoms with Gasteiger partial charge in [0, 0.05) is 11.4 Å². The minimum Gasteiger partial charge on any atom is -0.494 e. The van der Waals surface area contributed by atoms with Gasteiger partial charge >= 0.3 is 0 Å². The van der Waals surface area contributed by atoms with Crippen LogP contribution in [0.2, 0.25) is 0 Å². The molecule has 6 heteroatoms. The first kappa shape index (κ1) is 21.9.